The topological polar surface area (TPSA) is 110 Å². The van der Waals surface area contributed by atoms with E-state index in [4.69, 9.17) is 14.2 Å². The summed E-state index contributed by atoms with van der Waals surface area (Å²) in [6.07, 6.45) is 10.5. The highest BCUT2D eigenvalue weighted by molar-refractivity contribution is 5.95. The summed E-state index contributed by atoms with van der Waals surface area (Å²) in [4.78, 5) is 27.3. The molecule has 3 unspecified atom stereocenters. The summed E-state index contributed by atoms with van der Waals surface area (Å²) >= 11 is 0. The lowest BCUT2D eigenvalue weighted by Crippen LogP contribution is -2.53. The molecule has 0 spiro atoms. The van der Waals surface area contributed by atoms with Gasteiger partial charge in [-0.05, 0) is 64.2 Å². The van der Waals surface area contributed by atoms with E-state index >= 15 is 0 Å². The number of hydrogen-bond acceptors (Lipinski definition) is 7. The second-order valence-corrected chi connectivity index (χ2v) is 12.4. The molecule has 3 aliphatic rings. The summed E-state index contributed by atoms with van der Waals surface area (Å²) in [5.41, 5.74) is -1.49. The minimum absolute atomic E-state index is 0.0128. The Kier molecular flexibility index (Phi) is 7.88. The molecule has 2 aromatic rings. The minimum Gasteiger partial charge on any atom is -0.488 e. The van der Waals surface area contributed by atoms with Gasteiger partial charge in [0.2, 0.25) is 0 Å². The molecule has 10 nitrogen and oxygen atoms in total. The zero-order valence-corrected chi connectivity index (χ0v) is 23.9. The Morgan fingerprint density at radius 2 is 1.90 bits per heavy atom. The molecule has 2 aromatic heterocycles. The molecule has 2 saturated carbocycles. The van der Waals surface area contributed by atoms with E-state index < -0.39 is 11.3 Å². The molecular weight excluding hydrogens is 498 g/mol. The second-order valence-electron chi connectivity index (χ2n) is 12.4. The number of ether oxygens (including phenoxy) is 3. The Hall–Kier alpha value is -2.72. The minimum atomic E-state index is -1.16. The molecule has 39 heavy (non-hydrogen) atoms. The van der Waals surface area contributed by atoms with Gasteiger partial charge < -0.3 is 19.5 Å². The molecule has 1 aliphatic heterocycles. The summed E-state index contributed by atoms with van der Waals surface area (Å²) < 4.78 is 20.9. The molecule has 0 radical (unpaired) electrons. The van der Waals surface area contributed by atoms with E-state index in [1.165, 1.54) is 17.2 Å². The molecule has 0 aromatic carbocycles. The van der Waals surface area contributed by atoms with Crippen LogP contribution in [-0.2, 0) is 26.4 Å². The van der Waals surface area contributed by atoms with Crippen LogP contribution in [0.2, 0.25) is 0 Å². The van der Waals surface area contributed by atoms with Gasteiger partial charge in [-0.25, -0.2) is 4.68 Å². The number of rotatable bonds is 8. The summed E-state index contributed by atoms with van der Waals surface area (Å²) in [5, 5.41) is 12.0. The van der Waals surface area contributed by atoms with E-state index in [-0.39, 0.29) is 29.6 Å². The number of nitrogens with one attached hydrogen (secondary N) is 1. The highest BCUT2D eigenvalue weighted by Gasteiger charge is 2.46. The zero-order valence-electron chi connectivity index (χ0n) is 23.9. The third kappa shape index (κ3) is 5.91. The molecule has 1 N–H and O–H groups in total. The average molecular weight is 542 g/mol. The maximum atomic E-state index is 13.9. The molecule has 5 rings (SSSR count). The van der Waals surface area contributed by atoms with Crippen LogP contribution < -0.4 is 15.6 Å². The van der Waals surface area contributed by atoms with Gasteiger partial charge in [-0.1, -0.05) is 33.1 Å². The standard InChI is InChI=1S/C29H43N5O5/c1-19-9-8-10-20(2)26(19)38-22-15-25(35)34(30-16-22)29(5,21-11-6-7-12-21)27(36)31-24-13-14-33(32-24)17-23-18-37-28(3,4)39-23/h13-16,19-21,23,26H,6-12,17-18H2,1-5H3,(H,31,32,36)/t19?,20?,23-,26?,29?/m1/s1. The van der Waals surface area contributed by atoms with Crippen molar-refractivity contribution >= 4 is 11.7 Å². The molecule has 10 heteroatoms. The fourth-order valence-electron chi connectivity index (χ4n) is 6.62. The van der Waals surface area contributed by atoms with Crippen molar-refractivity contribution in [3.63, 3.8) is 0 Å². The third-order valence-electron chi connectivity index (χ3n) is 8.88. The molecule has 4 atom stereocenters. The summed E-state index contributed by atoms with van der Waals surface area (Å²) in [6, 6.07) is 3.25. The van der Waals surface area contributed by atoms with E-state index in [1.54, 1.807) is 23.1 Å². The average Bonchev–Trinajstić information content (AvgIpc) is 3.64. The Labute approximate surface area is 230 Å². The van der Waals surface area contributed by atoms with Crippen LogP contribution in [0.5, 0.6) is 5.75 Å². The lowest BCUT2D eigenvalue weighted by Gasteiger charge is -2.36. The van der Waals surface area contributed by atoms with E-state index in [1.807, 2.05) is 20.8 Å². The number of anilines is 1. The van der Waals surface area contributed by atoms with Crippen molar-refractivity contribution in [2.24, 2.45) is 17.8 Å². The van der Waals surface area contributed by atoms with Crippen molar-refractivity contribution in [3.8, 4) is 5.75 Å². The summed E-state index contributed by atoms with van der Waals surface area (Å²) in [5.74, 6) is 0.827. The monoisotopic (exact) mass is 541 g/mol. The van der Waals surface area contributed by atoms with Gasteiger partial charge in [0, 0.05) is 18.3 Å². The molecule has 0 bridgehead atoms. The first-order valence-electron chi connectivity index (χ1n) is 14.5. The summed E-state index contributed by atoms with van der Waals surface area (Å²) in [7, 11) is 0. The van der Waals surface area contributed by atoms with Gasteiger partial charge in [0.1, 0.15) is 23.5 Å². The number of amides is 1. The SMILES string of the molecule is CC1CCCC(C)C1Oc1cnn(C(C)(C(=O)Nc2ccn(C[C@@H]3COC(C)(C)O3)n2)C2CCCC2)c(=O)c1. The normalized spacial score (nSPS) is 28.7. The first-order valence-corrected chi connectivity index (χ1v) is 14.5. The van der Waals surface area contributed by atoms with Crippen LogP contribution in [0.25, 0.3) is 0 Å². The van der Waals surface area contributed by atoms with Crippen LogP contribution >= 0.6 is 0 Å². The lowest BCUT2D eigenvalue weighted by atomic mass is 9.80. The summed E-state index contributed by atoms with van der Waals surface area (Å²) in [6.45, 7) is 11.0. The Morgan fingerprint density at radius 1 is 1.18 bits per heavy atom. The van der Waals surface area contributed by atoms with Crippen LogP contribution in [0.3, 0.4) is 0 Å². The highest BCUT2D eigenvalue weighted by Crippen LogP contribution is 2.39. The van der Waals surface area contributed by atoms with Crippen LogP contribution in [0, 0.1) is 17.8 Å². The first-order chi connectivity index (χ1) is 18.5. The van der Waals surface area contributed by atoms with Crippen molar-refractivity contribution < 1.29 is 19.0 Å². The molecule has 2 aliphatic carbocycles. The predicted molar refractivity (Wildman–Crippen MR) is 146 cm³/mol. The molecule has 1 amide bonds. The number of hydrogen-bond donors (Lipinski definition) is 1. The van der Waals surface area contributed by atoms with Crippen molar-refractivity contribution in [1.29, 1.82) is 0 Å². The Bertz CT molecular complexity index is 1210. The zero-order chi connectivity index (χ0) is 27.8. The van der Waals surface area contributed by atoms with Gasteiger partial charge >= 0.3 is 0 Å². The number of nitrogens with zero attached hydrogens (tertiary/aromatic N) is 4. The van der Waals surface area contributed by atoms with Gasteiger partial charge in [-0.15, -0.1) is 0 Å². The van der Waals surface area contributed by atoms with Crippen molar-refractivity contribution in [2.45, 2.75) is 110 Å². The van der Waals surface area contributed by atoms with Crippen molar-refractivity contribution in [2.75, 3.05) is 11.9 Å². The van der Waals surface area contributed by atoms with Crippen molar-refractivity contribution in [1.82, 2.24) is 19.6 Å². The van der Waals surface area contributed by atoms with E-state index in [0.29, 0.717) is 36.6 Å². The van der Waals surface area contributed by atoms with Gasteiger partial charge in [0.25, 0.3) is 11.5 Å². The smallest absolute Gasteiger partial charge is 0.271 e. The van der Waals surface area contributed by atoms with Crippen LogP contribution in [0.15, 0.2) is 29.3 Å². The van der Waals surface area contributed by atoms with Gasteiger partial charge in [0.05, 0.1) is 19.3 Å². The highest BCUT2D eigenvalue weighted by atomic mass is 16.7. The maximum Gasteiger partial charge on any atom is 0.271 e. The largest absolute Gasteiger partial charge is 0.488 e. The molecule has 1 saturated heterocycles. The molecule has 214 valence electrons. The first kappa shape index (κ1) is 27.8. The Morgan fingerprint density at radius 3 is 2.54 bits per heavy atom. The number of carbonyl (C=O) groups excluding carboxylic acids is 1. The lowest BCUT2D eigenvalue weighted by molar-refractivity contribution is -0.139. The fraction of sp³-hybridized carbons (Fsp3) is 0.724. The van der Waals surface area contributed by atoms with Gasteiger partial charge in [-0.2, -0.15) is 10.2 Å². The van der Waals surface area contributed by atoms with E-state index in [0.717, 1.165) is 38.5 Å². The van der Waals surface area contributed by atoms with E-state index in [9.17, 15) is 9.59 Å². The second kappa shape index (κ2) is 11.0. The van der Waals surface area contributed by atoms with Crippen LogP contribution in [0.4, 0.5) is 5.82 Å². The van der Waals surface area contributed by atoms with Crippen LogP contribution in [0.1, 0.15) is 79.6 Å². The van der Waals surface area contributed by atoms with Gasteiger partial charge in [-0.3, -0.25) is 14.3 Å². The van der Waals surface area contributed by atoms with Crippen molar-refractivity contribution in [3.05, 3.63) is 34.9 Å². The third-order valence-corrected chi connectivity index (χ3v) is 8.88. The van der Waals surface area contributed by atoms with Gasteiger partial charge in [0.15, 0.2) is 11.6 Å². The predicted octanol–water partition coefficient (Wildman–Crippen LogP) is 4.34. The number of aromatic nitrogens is 4. The Balaban J connectivity index is 1.33. The van der Waals surface area contributed by atoms with E-state index in [2.05, 4.69) is 29.4 Å². The quantitative estimate of drug-likeness (QED) is 0.529. The molecular formula is C29H43N5O5. The maximum absolute atomic E-state index is 13.9. The molecule has 3 fully saturated rings. The van der Waals surface area contributed by atoms with Crippen LogP contribution in [-0.4, -0.2) is 50.1 Å². The fourth-order valence-corrected chi connectivity index (χ4v) is 6.62. The number of carbonyl (C=O) groups is 1. The molecule has 3 heterocycles.